The molecule has 1 fully saturated rings. The Morgan fingerprint density at radius 2 is 2.25 bits per heavy atom. The average molecular weight is 286 g/mol. The molecule has 1 N–H and O–H groups in total. The Morgan fingerprint density at radius 1 is 1.50 bits per heavy atom. The summed E-state index contributed by atoms with van der Waals surface area (Å²) in [5.41, 5.74) is 0.742. The molecule has 0 radical (unpaired) electrons. The summed E-state index contributed by atoms with van der Waals surface area (Å²) >= 11 is 3.26. The highest BCUT2D eigenvalue weighted by Gasteiger charge is 2.23. The second kappa shape index (κ2) is 5.28. The van der Waals surface area contributed by atoms with E-state index in [4.69, 9.17) is 0 Å². The molecule has 1 unspecified atom stereocenters. The van der Waals surface area contributed by atoms with E-state index < -0.39 is 0 Å². The van der Waals surface area contributed by atoms with E-state index in [2.05, 4.69) is 28.2 Å². The number of nitrogens with one attached hydrogen (secondary N) is 1. The number of rotatable bonds is 5. The summed E-state index contributed by atoms with van der Waals surface area (Å²) in [4.78, 5) is 0. The van der Waals surface area contributed by atoms with Crippen molar-refractivity contribution in [3.8, 4) is 0 Å². The third-order valence-corrected chi connectivity index (χ3v) is 3.53. The maximum absolute atomic E-state index is 13.5. The van der Waals surface area contributed by atoms with Crippen LogP contribution in [-0.4, -0.2) is 6.04 Å². The van der Waals surface area contributed by atoms with Crippen molar-refractivity contribution in [2.75, 3.05) is 0 Å². The zero-order valence-electron chi connectivity index (χ0n) is 9.47. The van der Waals surface area contributed by atoms with Gasteiger partial charge in [-0.15, -0.1) is 0 Å². The molecule has 0 aromatic heterocycles. The van der Waals surface area contributed by atoms with Gasteiger partial charge in [0.15, 0.2) is 0 Å². The van der Waals surface area contributed by atoms with Gasteiger partial charge in [-0.2, -0.15) is 0 Å². The quantitative estimate of drug-likeness (QED) is 0.866. The molecular weight excluding hydrogens is 269 g/mol. The van der Waals surface area contributed by atoms with Crippen molar-refractivity contribution in [1.82, 2.24) is 5.32 Å². The van der Waals surface area contributed by atoms with Gasteiger partial charge in [0, 0.05) is 22.6 Å². The van der Waals surface area contributed by atoms with Gasteiger partial charge in [0.25, 0.3) is 0 Å². The van der Waals surface area contributed by atoms with Crippen LogP contribution in [-0.2, 0) is 6.54 Å². The lowest BCUT2D eigenvalue weighted by Crippen LogP contribution is -2.26. The zero-order chi connectivity index (χ0) is 11.5. The van der Waals surface area contributed by atoms with Crippen LogP contribution < -0.4 is 5.32 Å². The highest BCUT2D eigenvalue weighted by Crippen LogP contribution is 2.33. The van der Waals surface area contributed by atoms with E-state index in [1.54, 1.807) is 0 Å². The fourth-order valence-corrected chi connectivity index (χ4v) is 2.22. The minimum atomic E-state index is -0.138. The van der Waals surface area contributed by atoms with Crippen LogP contribution in [0.1, 0.15) is 31.7 Å². The van der Waals surface area contributed by atoms with Gasteiger partial charge in [-0.1, -0.05) is 34.8 Å². The molecule has 1 aromatic carbocycles. The average Bonchev–Trinajstić information content (AvgIpc) is 3.00. The van der Waals surface area contributed by atoms with Crippen molar-refractivity contribution < 1.29 is 4.39 Å². The van der Waals surface area contributed by atoms with Crippen LogP contribution in [0.4, 0.5) is 4.39 Å². The standard InChI is InChI=1S/C13H17BrFN/c1-9(6-10-2-3-10)16-8-11-4-5-12(14)7-13(11)15/h4-5,7,9-10,16H,2-3,6,8H2,1H3. The van der Waals surface area contributed by atoms with Crippen LogP contribution in [0.3, 0.4) is 0 Å². The predicted octanol–water partition coefficient (Wildman–Crippen LogP) is 3.87. The van der Waals surface area contributed by atoms with Crippen LogP contribution in [0.15, 0.2) is 22.7 Å². The molecule has 0 heterocycles. The largest absolute Gasteiger partial charge is 0.310 e. The summed E-state index contributed by atoms with van der Waals surface area (Å²) in [5.74, 6) is 0.776. The van der Waals surface area contributed by atoms with E-state index in [0.29, 0.717) is 12.6 Å². The number of hydrogen-bond acceptors (Lipinski definition) is 1. The Kier molecular flexibility index (Phi) is 3.98. The van der Waals surface area contributed by atoms with E-state index >= 15 is 0 Å². The Morgan fingerprint density at radius 3 is 2.88 bits per heavy atom. The first kappa shape index (κ1) is 12.1. The van der Waals surface area contributed by atoms with Crippen LogP contribution in [0.2, 0.25) is 0 Å². The van der Waals surface area contributed by atoms with E-state index in [0.717, 1.165) is 16.0 Å². The Labute approximate surface area is 105 Å². The summed E-state index contributed by atoms with van der Waals surface area (Å²) in [6, 6.07) is 5.71. The first-order valence-corrected chi connectivity index (χ1v) is 6.62. The second-order valence-electron chi connectivity index (χ2n) is 4.70. The topological polar surface area (TPSA) is 12.0 Å². The van der Waals surface area contributed by atoms with Crippen molar-refractivity contribution in [3.63, 3.8) is 0 Å². The zero-order valence-corrected chi connectivity index (χ0v) is 11.1. The molecule has 1 saturated carbocycles. The van der Waals surface area contributed by atoms with Gasteiger partial charge in [-0.25, -0.2) is 4.39 Å². The van der Waals surface area contributed by atoms with Gasteiger partial charge in [-0.05, 0) is 31.4 Å². The minimum absolute atomic E-state index is 0.138. The van der Waals surface area contributed by atoms with Gasteiger partial charge >= 0.3 is 0 Å². The highest BCUT2D eigenvalue weighted by atomic mass is 79.9. The Balaban J connectivity index is 1.83. The number of hydrogen-bond donors (Lipinski definition) is 1. The van der Waals surface area contributed by atoms with Crippen LogP contribution in [0.25, 0.3) is 0 Å². The lowest BCUT2D eigenvalue weighted by Gasteiger charge is -2.13. The Hall–Kier alpha value is -0.410. The molecule has 1 atom stereocenters. The molecule has 3 heteroatoms. The molecule has 0 saturated heterocycles. The SMILES string of the molecule is CC(CC1CC1)NCc1ccc(Br)cc1F. The van der Waals surface area contributed by atoms with Crippen molar-refractivity contribution in [2.45, 2.75) is 38.8 Å². The van der Waals surface area contributed by atoms with E-state index in [1.165, 1.54) is 25.3 Å². The molecule has 0 aliphatic heterocycles. The lowest BCUT2D eigenvalue weighted by molar-refractivity contribution is 0.478. The van der Waals surface area contributed by atoms with Crippen LogP contribution in [0, 0.1) is 11.7 Å². The van der Waals surface area contributed by atoms with Gasteiger partial charge in [0.1, 0.15) is 5.82 Å². The van der Waals surface area contributed by atoms with Crippen molar-refractivity contribution >= 4 is 15.9 Å². The van der Waals surface area contributed by atoms with Crippen LogP contribution in [0.5, 0.6) is 0 Å². The fraction of sp³-hybridized carbons (Fsp3) is 0.538. The molecule has 1 aromatic rings. The summed E-state index contributed by atoms with van der Waals surface area (Å²) in [6.07, 6.45) is 3.97. The van der Waals surface area contributed by atoms with Gasteiger partial charge < -0.3 is 5.32 Å². The van der Waals surface area contributed by atoms with E-state index in [9.17, 15) is 4.39 Å². The number of benzene rings is 1. The maximum atomic E-state index is 13.5. The molecule has 0 amide bonds. The molecule has 2 rings (SSSR count). The Bertz CT molecular complexity index is 363. The van der Waals surface area contributed by atoms with Crippen molar-refractivity contribution in [3.05, 3.63) is 34.1 Å². The second-order valence-corrected chi connectivity index (χ2v) is 5.61. The first-order chi connectivity index (χ1) is 7.65. The molecule has 1 nitrogen and oxygen atoms in total. The van der Waals surface area contributed by atoms with Gasteiger partial charge in [0.05, 0.1) is 0 Å². The normalized spacial score (nSPS) is 17.4. The van der Waals surface area contributed by atoms with Crippen molar-refractivity contribution in [2.24, 2.45) is 5.92 Å². The fourth-order valence-electron chi connectivity index (χ4n) is 1.89. The highest BCUT2D eigenvalue weighted by molar-refractivity contribution is 9.10. The summed E-state index contributed by atoms with van der Waals surface area (Å²) < 4.78 is 14.3. The van der Waals surface area contributed by atoms with Crippen LogP contribution >= 0.6 is 15.9 Å². The summed E-state index contributed by atoms with van der Waals surface area (Å²) in [7, 11) is 0. The molecule has 16 heavy (non-hydrogen) atoms. The maximum Gasteiger partial charge on any atom is 0.128 e. The molecule has 1 aliphatic rings. The minimum Gasteiger partial charge on any atom is -0.310 e. The monoisotopic (exact) mass is 285 g/mol. The van der Waals surface area contributed by atoms with Gasteiger partial charge in [0.2, 0.25) is 0 Å². The summed E-state index contributed by atoms with van der Waals surface area (Å²) in [6.45, 7) is 2.79. The lowest BCUT2D eigenvalue weighted by atomic mass is 10.1. The first-order valence-electron chi connectivity index (χ1n) is 5.82. The van der Waals surface area contributed by atoms with Gasteiger partial charge in [-0.3, -0.25) is 0 Å². The smallest absolute Gasteiger partial charge is 0.128 e. The molecular formula is C13H17BrFN. The molecule has 0 bridgehead atoms. The molecule has 88 valence electrons. The van der Waals surface area contributed by atoms with E-state index in [-0.39, 0.29) is 5.82 Å². The van der Waals surface area contributed by atoms with Crippen molar-refractivity contribution in [1.29, 1.82) is 0 Å². The third-order valence-electron chi connectivity index (χ3n) is 3.04. The predicted molar refractivity (Wildman–Crippen MR) is 67.7 cm³/mol. The number of halogens is 2. The molecule has 0 spiro atoms. The summed E-state index contributed by atoms with van der Waals surface area (Å²) in [5, 5.41) is 3.38. The van der Waals surface area contributed by atoms with E-state index in [1.807, 2.05) is 12.1 Å². The molecule has 1 aliphatic carbocycles. The third kappa shape index (κ3) is 3.56.